The van der Waals surface area contributed by atoms with Crippen LogP contribution in [0, 0.1) is 0 Å². The van der Waals surface area contributed by atoms with Gasteiger partial charge in [0.05, 0.1) is 0 Å². The molecule has 0 aliphatic carbocycles. The molecule has 1 amide bonds. The summed E-state index contributed by atoms with van der Waals surface area (Å²) in [5.41, 5.74) is 0.195. The SMILES string of the molecule is O=C(NC(CCC(O)C(F)(F)F)C(=O)O)c1ccccc1. The van der Waals surface area contributed by atoms with Crippen molar-refractivity contribution in [3.63, 3.8) is 0 Å². The van der Waals surface area contributed by atoms with Gasteiger partial charge in [-0.05, 0) is 25.0 Å². The molecule has 2 atom stereocenters. The van der Waals surface area contributed by atoms with Gasteiger partial charge in [-0.3, -0.25) is 4.79 Å². The monoisotopic (exact) mass is 305 g/mol. The summed E-state index contributed by atoms with van der Waals surface area (Å²) in [6.07, 6.45) is -8.77. The highest BCUT2D eigenvalue weighted by molar-refractivity contribution is 5.96. The number of carboxylic acids is 1. The van der Waals surface area contributed by atoms with Crippen molar-refractivity contribution in [3.05, 3.63) is 35.9 Å². The maximum absolute atomic E-state index is 12.1. The van der Waals surface area contributed by atoms with Crippen LogP contribution in [-0.4, -0.2) is 40.4 Å². The number of aliphatic hydroxyl groups is 1. The molecule has 0 aliphatic heterocycles. The molecule has 3 N–H and O–H groups in total. The minimum absolute atomic E-state index is 0.195. The summed E-state index contributed by atoms with van der Waals surface area (Å²) in [4.78, 5) is 22.7. The Hall–Kier alpha value is -2.09. The number of hydrogen-bond donors (Lipinski definition) is 3. The lowest BCUT2D eigenvalue weighted by atomic mass is 10.1. The van der Waals surface area contributed by atoms with E-state index in [-0.39, 0.29) is 5.56 Å². The topological polar surface area (TPSA) is 86.6 Å². The zero-order valence-electron chi connectivity index (χ0n) is 10.8. The third-order valence-electron chi connectivity index (χ3n) is 2.75. The van der Waals surface area contributed by atoms with E-state index >= 15 is 0 Å². The van der Waals surface area contributed by atoms with E-state index in [1.807, 2.05) is 0 Å². The van der Waals surface area contributed by atoms with Crippen LogP contribution in [0.4, 0.5) is 13.2 Å². The molecular formula is C13H14F3NO4. The Morgan fingerprint density at radius 3 is 2.19 bits per heavy atom. The van der Waals surface area contributed by atoms with Crippen molar-refractivity contribution in [1.82, 2.24) is 5.32 Å². The van der Waals surface area contributed by atoms with Gasteiger partial charge in [-0.1, -0.05) is 18.2 Å². The molecule has 21 heavy (non-hydrogen) atoms. The summed E-state index contributed by atoms with van der Waals surface area (Å²) in [7, 11) is 0. The normalized spacial score (nSPS) is 14.3. The largest absolute Gasteiger partial charge is 0.480 e. The minimum Gasteiger partial charge on any atom is -0.480 e. The molecular weight excluding hydrogens is 291 g/mol. The molecule has 0 aromatic heterocycles. The molecule has 2 unspecified atom stereocenters. The third-order valence-corrected chi connectivity index (χ3v) is 2.75. The minimum atomic E-state index is -4.81. The van der Waals surface area contributed by atoms with Crippen LogP contribution in [0.15, 0.2) is 30.3 Å². The molecule has 0 heterocycles. The Labute approximate surface area is 118 Å². The summed E-state index contributed by atoms with van der Waals surface area (Å²) in [5.74, 6) is -2.17. The van der Waals surface area contributed by atoms with Gasteiger partial charge in [-0.2, -0.15) is 13.2 Å². The van der Waals surface area contributed by atoms with Gasteiger partial charge in [0.1, 0.15) is 12.1 Å². The molecule has 1 aromatic carbocycles. The van der Waals surface area contributed by atoms with Crippen LogP contribution in [0.2, 0.25) is 0 Å². The second-order valence-electron chi connectivity index (χ2n) is 4.37. The molecule has 1 rings (SSSR count). The number of alkyl halides is 3. The number of benzene rings is 1. The fourth-order valence-electron chi connectivity index (χ4n) is 1.58. The molecule has 0 fully saturated rings. The number of rotatable bonds is 6. The summed E-state index contributed by atoms with van der Waals surface area (Å²) in [6.45, 7) is 0. The Kier molecular flexibility index (Phi) is 5.71. The smallest absolute Gasteiger partial charge is 0.414 e. The quantitative estimate of drug-likeness (QED) is 0.744. The van der Waals surface area contributed by atoms with Gasteiger partial charge < -0.3 is 15.5 Å². The lowest BCUT2D eigenvalue weighted by molar-refractivity contribution is -0.206. The number of aliphatic carboxylic acids is 1. The van der Waals surface area contributed by atoms with E-state index in [2.05, 4.69) is 5.32 Å². The first-order chi connectivity index (χ1) is 9.71. The maximum atomic E-state index is 12.1. The van der Waals surface area contributed by atoms with Crippen LogP contribution in [0.1, 0.15) is 23.2 Å². The molecule has 8 heteroatoms. The maximum Gasteiger partial charge on any atom is 0.414 e. The van der Waals surface area contributed by atoms with Crippen LogP contribution in [0.5, 0.6) is 0 Å². The lowest BCUT2D eigenvalue weighted by Gasteiger charge is -2.18. The average Bonchev–Trinajstić information content (AvgIpc) is 2.42. The number of nitrogens with one attached hydrogen (secondary N) is 1. The Morgan fingerprint density at radius 2 is 1.71 bits per heavy atom. The molecule has 0 spiro atoms. The van der Waals surface area contributed by atoms with E-state index < -0.39 is 43.0 Å². The molecule has 0 saturated heterocycles. The van der Waals surface area contributed by atoms with Crippen molar-refractivity contribution in [1.29, 1.82) is 0 Å². The zero-order chi connectivity index (χ0) is 16.0. The second kappa shape index (κ2) is 7.07. The van der Waals surface area contributed by atoms with Gasteiger partial charge in [-0.15, -0.1) is 0 Å². The van der Waals surface area contributed by atoms with Crippen LogP contribution < -0.4 is 5.32 Å². The van der Waals surface area contributed by atoms with Gasteiger partial charge in [0, 0.05) is 5.56 Å². The Balaban J connectivity index is 2.63. The van der Waals surface area contributed by atoms with Crippen LogP contribution in [0.25, 0.3) is 0 Å². The summed E-state index contributed by atoms with van der Waals surface area (Å²) >= 11 is 0. The first-order valence-electron chi connectivity index (χ1n) is 6.05. The molecule has 116 valence electrons. The number of carboxylic acid groups (broad SMARTS) is 1. The first kappa shape index (κ1) is 17.0. The first-order valence-corrected chi connectivity index (χ1v) is 6.05. The third kappa shape index (κ3) is 5.42. The molecule has 0 saturated carbocycles. The highest BCUT2D eigenvalue weighted by Gasteiger charge is 2.38. The van der Waals surface area contributed by atoms with Gasteiger partial charge in [0.2, 0.25) is 0 Å². The van der Waals surface area contributed by atoms with Crippen molar-refractivity contribution in [3.8, 4) is 0 Å². The number of carbonyl (C=O) groups excluding carboxylic acids is 1. The average molecular weight is 305 g/mol. The molecule has 0 radical (unpaired) electrons. The van der Waals surface area contributed by atoms with E-state index in [0.717, 1.165) is 0 Å². The number of hydrogen-bond acceptors (Lipinski definition) is 3. The van der Waals surface area contributed by atoms with Crippen molar-refractivity contribution in [2.24, 2.45) is 0 Å². The number of aliphatic hydroxyl groups excluding tert-OH is 1. The van der Waals surface area contributed by atoms with Gasteiger partial charge >= 0.3 is 12.1 Å². The predicted molar refractivity (Wildman–Crippen MR) is 66.6 cm³/mol. The van der Waals surface area contributed by atoms with Crippen molar-refractivity contribution in [2.45, 2.75) is 31.2 Å². The zero-order valence-corrected chi connectivity index (χ0v) is 10.8. The second-order valence-corrected chi connectivity index (χ2v) is 4.37. The standard InChI is InChI=1S/C13H14F3NO4/c14-13(15,16)10(18)7-6-9(12(20)21)17-11(19)8-4-2-1-3-5-8/h1-5,9-10,18H,6-7H2,(H,17,19)(H,20,21). The number of carbonyl (C=O) groups is 2. The highest BCUT2D eigenvalue weighted by atomic mass is 19.4. The fraction of sp³-hybridized carbons (Fsp3) is 0.385. The molecule has 0 aliphatic rings. The Bertz CT molecular complexity index is 490. The Morgan fingerprint density at radius 1 is 1.14 bits per heavy atom. The van der Waals surface area contributed by atoms with Crippen molar-refractivity contribution >= 4 is 11.9 Å². The van der Waals surface area contributed by atoms with Crippen molar-refractivity contribution in [2.75, 3.05) is 0 Å². The molecule has 1 aromatic rings. The summed E-state index contributed by atoms with van der Waals surface area (Å²) in [5, 5.41) is 19.9. The predicted octanol–water partition coefficient (Wildman–Crippen LogP) is 1.57. The fourth-order valence-corrected chi connectivity index (χ4v) is 1.58. The van der Waals surface area contributed by atoms with E-state index in [9.17, 15) is 22.8 Å². The van der Waals surface area contributed by atoms with Gasteiger partial charge in [0.25, 0.3) is 5.91 Å². The molecule has 0 bridgehead atoms. The van der Waals surface area contributed by atoms with Crippen molar-refractivity contribution < 1.29 is 33.0 Å². The molecule has 5 nitrogen and oxygen atoms in total. The van der Waals surface area contributed by atoms with E-state index in [1.165, 1.54) is 12.1 Å². The number of amides is 1. The highest BCUT2D eigenvalue weighted by Crippen LogP contribution is 2.23. The van der Waals surface area contributed by atoms with E-state index in [0.29, 0.717) is 0 Å². The van der Waals surface area contributed by atoms with Gasteiger partial charge in [0.15, 0.2) is 0 Å². The van der Waals surface area contributed by atoms with Crippen LogP contribution in [0.3, 0.4) is 0 Å². The lowest BCUT2D eigenvalue weighted by Crippen LogP contribution is -2.42. The summed E-state index contributed by atoms with van der Waals surface area (Å²) < 4.78 is 36.4. The van der Waals surface area contributed by atoms with Gasteiger partial charge in [-0.25, -0.2) is 4.79 Å². The van der Waals surface area contributed by atoms with Crippen LogP contribution >= 0.6 is 0 Å². The number of halogens is 3. The van der Waals surface area contributed by atoms with E-state index in [1.54, 1.807) is 18.2 Å². The summed E-state index contributed by atoms with van der Waals surface area (Å²) in [6, 6.07) is 6.17. The van der Waals surface area contributed by atoms with E-state index in [4.69, 9.17) is 10.2 Å². The van der Waals surface area contributed by atoms with Crippen LogP contribution in [-0.2, 0) is 4.79 Å².